The van der Waals surface area contributed by atoms with Gasteiger partial charge in [0.15, 0.2) is 5.78 Å². The van der Waals surface area contributed by atoms with Crippen molar-refractivity contribution in [3.63, 3.8) is 0 Å². The van der Waals surface area contributed by atoms with Crippen molar-refractivity contribution < 1.29 is 19.1 Å². The number of carbonyl (C=O) groups excluding carboxylic acids is 2. The van der Waals surface area contributed by atoms with Gasteiger partial charge in [0, 0.05) is 32.0 Å². The van der Waals surface area contributed by atoms with Crippen LogP contribution in [0.3, 0.4) is 0 Å². The first-order valence-electron chi connectivity index (χ1n) is 6.65. The Balaban J connectivity index is 1.91. The lowest BCUT2D eigenvalue weighted by atomic mass is 9.85. The highest BCUT2D eigenvalue weighted by Gasteiger charge is 2.40. The second-order valence-electron chi connectivity index (χ2n) is 6.21. The molecule has 106 valence electrons. The SMILES string of the molecule is CC(C)(C)OC(=O)N1CCC2(CC1)CC(=O)C=CO2. The average molecular weight is 267 g/mol. The molecular weight excluding hydrogens is 246 g/mol. The third-order valence-corrected chi connectivity index (χ3v) is 3.39. The molecule has 0 aromatic heterocycles. The topological polar surface area (TPSA) is 55.8 Å². The molecule has 1 saturated heterocycles. The van der Waals surface area contributed by atoms with Gasteiger partial charge >= 0.3 is 6.09 Å². The van der Waals surface area contributed by atoms with Gasteiger partial charge in [-0.3, -0.25) is 4.79 Å². The van der Waals surface area contributed by atoms with E-state index in [0.29, 0.717) is 32.4 Å². The molecule has 2 aliphatic heterocycles. The molecule has 0 saturated carbocycles. The van der Waals surface area contributed by atoms with Crippen LogP contribution in [0.1, 0.15) is 40.0 Å². The van der Waals surface area contributed by atoms with Crippen molar-refractivity contribution in [3.8, 4) is 0 Å². The standard InChI is InChI=1S/C14H21NO4/c1-13(2,3)19-12(17)15-7-5-14(6-8-15)10-11(16)4-9-18-14/h4,9H,5-8,10H2,1-3H3. The number of rotatable bonds is 0. The van der Waals surface area contributed by atoms with E-state index < -0.39 is 11.2 Å². The van der Waals surface area contributed by atoms with Gasteiger partial charge in [-0.2, -0.15) is 0 Å². The van der Waals surface area contributed by atoms with Crippen molar-refractivity contribution in [2.45, 2.75) is 51.2 Å². The number of piperidine rings is 1. The highest BCUT2D eigenvalue weighted by Crippen LogP contribution is 2.33. The van der Waals surface area contributed by atoms with E-state index in [4.69, 9.17) is 9.47 Å². The van der Waals surface area contributed by atoms with Crippen molar-refractivity contribution in [2.24, 2.45) is 0 Å². The predicted octanol–water partition coefficient (Wildman–Crippen LogP) is 2.26. The molecule has 2 aliphatic rings. The van der Waals surface area contributed by atoms with Crippen LogP contribution in [-0.4, -0.2) is 41.1 Å². The van der Waals surface area contributed by atoms with Gasteiger partial charge in [0.05, 0.1) is 12.7 Å². The summed E-state index contributed by atoms with van der Waals surface area (Å²) >= 11 is 0. The number of carbonyl (C=O) groups is 2. The Labute approximate surface area is 113 Å². The van der Waals surface area contributed by atoms with Gasteiger partial charge in [0.2, 0.25) is 0 Å². The van der Waals surface area contributed by atoms with Crippen molar-refractivity contribution in [1.82, 2.24) is 4.90 Å². The van der Waals surface area contributed by atoms with Crippen molar-refractivity contribution in [2.75, 3.05) is 13.1 Å². The summed E-state index contributed by atoms with van der Waals surface area (Å²) in [6.45, 7) is 6.68. The normalized spacial score (nSPS) is 22.3. The fraction of sp³-hybridized carbons (Fsp3) is 0.714. The van der Waals surface area contributed by atoms with Crippen LogP contribution in [0, 0.1) is 0 Å². The lowest BCUT2D eigenvalue weighted by Crippen LogP contribution is -2.50. The van der Waals surface area contributed by atoms with E-state index in [1.807, 2.05) is 20.8 Å². The van der Waals surface area contributed by atoms with Crippen molar-refractivity contribution in [3.05, 3.63) is 12.3 Å². The Hall–Kier alpha value is -1.52. The largest absolute Gasteiger partial charge is 0.494 e. The van der Waals surface area contributed by atoms with Gasteiger partial charge in [-0.05, 0) is 20.8 Å². The summed E-state index contributed by atoms with van der Waals surface area (Å²) in [6.07, 6.45) is 4.40. The van der Waals surface area contributed by atoms with Crippen molar-refractivity contribution in [1.29, 1.82) is 0 Å². The highest BCUT2D eigenvalue weighted by atomic mass is 16.6. The van der Waals surface area contributed by atoms with E-state index in [0.717, 1.165) is 0 Å². The average Bonchev–Trinajstić information content (AvgIpc) is 2.27. The summed E-state index contributed by atoms with van der Waals surface area (Å²) < 4.78 is 11.0. The summed E-state index contributed by atoms with van der Waals surface area (Å²) in [4.78, 5) is 25.1. The van der Waals surface area contributed by atoms with Crippen LogP contribution in [0.5, 0.6) is 0 Å². The molecule has 2 rings (SSSR count). The summed E-state index contributed by atoms with van der Waals surface area (Å²) in [7, 11) is 0. The van der Waals surface area contributed by atoms with Crippen molar-refractivity contribution >= 4 is 11.9 Å². The number of likely N-dealkylation sites (tertiary alicyclic amines) is 1. The maximum atomic E-state index is 11.9. The molecule has 5 heteroatoms. The molecule has 1 spiro atoms. The maximum absolute atomic E-state index is 11.9. The molecule has 0 aromatic carbocycles. The zero-order chi connectivity index (χ0) is 14.1. The number of ether oxygens (including phenoxy) is 2. The first-order valence-corrected chi connectivity index (χ1v) is 6.65. The summed E-state index contributed by atoms with van der Waals surface area (Å²) in [6, 6.07) is 0. The highest BCUT2D eigenvalue weighted by molar-refractivity contribution is 5.90. The number of ketones is 1. The van der Waals surface area contributed by atoms with Gasteiger partial charge in [-0.1, -0.05) is 0 Å². The number of hydrogen-bond donors (Lipinski definition) is 0. The zero-order valence-electron chi connectivity index (χ0n) is 11.8. The van der Waals surface area contributed by atoms with Crippen LogP contribution >= 0.6 is 0 Å². The van der Waals surface area contributed by atoms with Gasteiger partial charge in [-0.15, -0.1) is 0 Å². The second kappa shape index (κ2) is 4.87. The number of allylic oxidation sites excluding steroid dienone is 1. The fourth-order valence-corrected chi connectivity index (χ4v) is 2.39. The monoisotopic (exact) mass is 267 g/mol. The molecule has 0 N–H and O–H groups in total. The number of nitrogens with zero attached hydrogens (tertiary/aromatic N) is 1. The quantitative estimate of drug-likeness (QED) is 0.675. The minimum atomic E-state index is -0.480. The third-order valence-electron chi connectivity index (χ3n) is 3.39. The molecule has 0 bridgehead atoms. The van der Waals surface area contributed by atoms with Crippen LogP contribution in [0.25, 0.3) is 0 Å². The molecule has 0 unspecified atom stereocenters. The van der Waals surface area contributed by atoms with Crippen LogP contribution in [0.4, 0.5) is 4.79 Å². The molecular formula is C14H21NO4. The Bertz CT molecular complexity index is 400. The first kappa shape index (κ1) is 13.9. The Kier molecular flexibility index (Phi) is 3.56. The molecule has 1 fully saturated rings. The molecule has 5 nitrogen and oxygen atoms in total. The first-order chi connectivity index (χ1) is 8.80. The Morgan fingerprint density at radius 2 is 2.00 bits per heavy atom. The van der Waals surface area contributed by atoms with E-state index in [1.54, 1.807) is 4.90 Å². The second-order valence-corrected chi connectivity index (χ2v) is 6.21. The van der Waals surface area contributed by atoms with E-state index in [1.165, 1.54) is 12.3 Å². The number of amides is 1. The summed E-state index contributed by atoms with van der Waals surface area (Å²) in [5.74, 6) is 0.0944. The maximum Gasteiger partial charge on any atom is 0.410 e. The molecule has 1 amide bonds. The Morgan fingerprint density at radius 3 is 2.53 bits per heavy atom. The van der Waals surface area contributed by atoms with E-state index >= 15 is 0 Å². The third kappa shape index (κ3) is 3.49. The molecule has 19 heavy (non-hydrogen) atoms. The van der Waals surface area contributed by atoms with E-state index in [-0.39, 0.29) is 11.9 Å². The van der Waals surface area contributed by atoms with Crippen LogP contribution in [0.2, 0.25) is 0 Å². The van der Waals surface area contributed by atoms with Gasteiger partial charge in [-0.25, -0.2) is 4.79 Å². The number of hydrogen-bond acceptors (Lipinski definition) is 4. The van der Waals surface area contributed by atoms with Crippen LogP contribution < -0.4 is 0 Å². The van der Waals surface area contributed by atoms with Gasteiger partial charge in [0.1, 0.15) is 11.2 Å². The Morgan fingerprint density at radius 1 is 1.37 bits per heavy atom. The smallest absolute Gasteiger partial charge is 0.410 e. The molecule has 0 atom stereocenters. The van der Waals surface area contributed by atoms with E-state index in [2.05, 4.69) is 0 Å². The predicted molar refractivity (Wildman–Crippen MR) is 69.6 cm³/mol. The lowest BCUT2D eigenvalue weighted by molar-refractivity contribution is -0.125. The molecule has 2 heterocycles. The van der Waals surface area contributed by atoms with Crippen LogP contribution in [-0.2, 0) is 14.3 Å². The minimum Gasteiger partial charge on any atom is -0.494 e. The van der Waals surface area contributed by atoms with Gasteiger partial charge < -0.3 is 14.4 Å². The fourth-order valence-electron chi connectivity index (χ4n) is 2.39. The van der Waals surface area contributed by atoms with E-state index in [9.17, 15) is 9.59 Å². The van der Waals surface area contributed by atoms with Crippen LogP contribution in [0.15, 0.2) is 12.3 Å². The van der Waals surface area contributed by atoms with Gasteiger partial charge in [0.25, 0.3) is 0 Å². The molecule has 0 aliphatic carbocycles. The molecule has 0 aromatic rings. The lowest BCUT2D eigenvalue weighted by Gasteiger charge is -2.41. The molecule has 0 radical (unpaired) electrons. The summed E-state index contributed by atoms with van der Waals surface area (Å²) in [5, 5.41) is 0. The zero-order valence-corrected chi connectivity index (χ0v) is 11.8. The minimum absolute atomic E-state index is 0.0944. The summed E-state index contributed by atoms with van der Waals surface area (Å²) in [5.41, 5.74) is -0.892.